The van der Waals surface area contributed by atoms with Gasteiger partial charge in [0.15, 0.2) is 0 Å². The van der Waals surface area contributed by atoms with Gasteiger partial charge < -0.3 is 30.0 Å². The molecule has 0 bridgehead atoms. The Labute approximate surface area is 257 Å². The molecule has 1 aromatic heterocycles. The molecule has 44 heavy (non-hydrogen) atoms. The van der Waals surface area contributed by atoms with E-state index in [0.29, 0.717) is 61.1 Å². The molecule has 0 spiro atoms. The molecule has 11 heteroatoms. The number of hydrogen-bond donors (Lipinski definition) is 3. The SMILES string of the molecule is COc1cc(NC(=O)[C@H]2CC[C@@H](n3c(=O)[nH]c4c(C(=O)NCC5CCCN5C(=O)OC(C)(C)C)cccc43)CC2)ccc1C. The molecule has 236 valence electrons. The van der Waals surface area contributed by atoms with E-state index in [-0.39, 0.29) is 41.6 Å². The lowest BCUT2D eigenvalue weighted by Crippen LogP contribution is -2.45. The molecule has 2 aliphatic rings. The number of anilines is 1. The number of aromatic nitrogens is 2. The second kappa shape index (κ2) is 12.8. The van der Waals surface area contributed by atoms with Crippen molar-refractivity contribution in [2.45, 2.75) is 83.9 Å². The molecule has 2 aromatic carbocycles. The summed E-state index contributed by atoms with van der Waals surface area (Å²) < 4.78 is 12.6. The zero-order chi connectivity index (χ0) is 31.6. The van der Waals surface area contributed by atoms with Gasteiger partial charge in [-0.2, -0.15) is 0 Å². The molecule has 1 saturated carbocycles. The van der Waals surface area contributed by atoms with E-state index in [0.717, 1.165) is 24.2 Å². The van der Waals surface area contributed by atoms with E-state index in [2.05, 4.69) is 15.6 Å². The van der Waals surface area contributed by atoms with Crippen LogP contribution in [0.4, 0.5) is 10.5 Å². The van der Waals surface area contributed by atoms with Crippen LogP contribution in [0.5, 0.6) is 5.75 Å². The van der Waals surface area contributed by atoms with Gasteiger partial charge in [0.1, 0.15) is 11.4 Å². The Hall–Kier alpha value is -4.28. The smallest absolute Gasteiger partial charge is 0.410 e. The lowest BCUT2D eigenvalue weighted by molar-refractivity contribution is -0.121. The Morgan fingerprint density at radius 3 is 2.50 bits per heavy atom. The topological polar surface area (TPSA) is 135 Å². The number of imidazole rings is 1. The van der Waals surface area contributed by atoms with Gasteiger partial charge in [-0.1, -0.05) is 12.1 Å². The fourth-order valence-corrected chi connectivity index (χ4v) is 6.35. The molecular formula is C33H43N5O6. The average molecular weight is 606 g/mol. The Bertz CT molecular complexity index is 1590. The van der Waals surface area contributed by atoms with Gasteiger partial charge in [-0.15, -0.1) is 0 Å². The number of benzene rings is 2. The first-order valence-corrected chi connectivity index (χ1v) is 15.4. The van der Waals surface area contributed by atoms with Gasteiger partial charge in [0, 0.05) is 36.8 Å². The maximum atomic E-state index is 13.3. The summed E-state index contributed by atoms with van der Waals surface area (Å²) in [4.78, 5) is 56.8. The monoisotopic (exact) mass is 605 g/mol. The van der Waals surface area contributed by atoms with Crippen LogP contribution < -0.4 is 21.1 Å². The van der Waals surface area contributed by atoms with Crippen LogP contribution in [0.25, 0.3) is 11.0 Å². The van der Waals surface area contributed by atoms with Crippen molar-refractivity contribution in [3.8, 4) is 5.75 Å². The molecule has 3 N–H and O–H groups in total. The van der Waals surface area contributed by atoms with Crippen LogP contribution >= 0.6 is 0 Å². The quantitative estimate of drug-likeness (QED) is 0.341. The van der Waals surface area contributed by atoms with E-state index in [4.69, 9.17) is 9.47 Å². The lowest BCUT2D eigenvalue weighted by Gasteiger charge is -2.29. The standard InChI is InChI=1S/C33H43N5O6/c1-20-11-14-22(18-27(20)43-5)35-29(39)21-12-15-23(16-13-21)38-26-10-6-9-25(28(26)36-31(38)41)30(40)34-19-24-8-7-17-37(24)32(42)44-33(2,3)4/h6,9-11,14,18,21,23-24H,7-8,12-13,15-17,19H2,1-5H3,(H,34,40)(H,35,39)(H,36,41)/t21-,23+,24?. The number of ether oxygens (including phenoxy) is 2. The van der Waals surface area contributed by atoms with E-state index < -0.39 is 5.60 Å². The zero-order valence-corrected chi connectivity index (χ0v) is 26.2. The van der Waals surface area contributed by atoms with Crippen molar-refractivity contribution in [2.75, 3.05) is 25.5 Å². The molecular weight excluding hydrogens is 562 g/mol. The molecule has 3 aromatic rings. The summed E-state index contributed by atoms with van der Waals surface area (Å²) >= 11 is 0. The van der Waals surface area contributed by atoms with Crippen molar-refractivity contribution in [3.63, 3.8) is 0 Å². The summed E-state index contributed by atoms with van der Waals surface area (Å²) in [6.07, 6.45) is 3.87. The van der Waals surface area contributed by atoms with Gasteiger partial charge >= 0.3 is 11.8 Å². The van der Waals surface area contributed by atoms with Crippen molar-refractivity contribution in [2.24, 2.45) is 5.92 Å². The summed E-state index contributed by atoms with van der Waals surface area (Å²) in [7, 11) is 1.61. The van der Waals surface area contributed by atoms with Crippen molar-refractivity contribution in [1.82, 2.24) is 19.8 Å². The fraction of sp³-hybridized carbons (Fsp3) is 0.515. The number of amides is 3. The zero-order valence-electron chi connectivity index (χ0n) is 26.2. The summed E-state index contributed by atoms with van der Waals surface area (Å²) in [5, 5.41) is 5.97. The second-order valence-corrected chi connectivity index (χ2v) is 12.9. The predicted octanol–water partition coefficient (Wildman–Crippen LogP) is 5.15. The second-order valence-electron chi connectivity index (χ2n) is 12.9. The van der Waals surface area contributed by atoms with Crippen LogP contribution in [0.1, 0.15) is 81.3 Å². The molecule has 1 saturated heterocycles. The van der Waals surface area contributed by atoms with E-state index in [1.54, 1.807) is 28.7 Å². The Morgan fingerprint density at radius 2 is 1.80 bits per heavy atom. The highest BCUT2D eigenvalue weighted by Gasteiger charge is 2.33. The average Bonchev–Trinajstić information content (AvgIpc) is 3.59. The van der Waals surface area contributed by atoms with Crippen LogP contribution in [0.15, 0.2) is 41.2 Å². The summed E-state index contributed by atoms with van der Waals surface area (Å²) in [5.41, 5.74) is 2.35. The first-order valence-electron chi connectivity index (χ1n) is 15.4. The lowest BCUT2D eigenvalue weighted by atomic mass is 9.85. The van der Waals surface area contributed by atoms with Crippen LogP contribution in [-0.4, -0.2) is 64.2 Å². The van der Waals surface area contributed by atoms with Crippen molar-refractivity contribution >= 4 is 34.6 Å². The molecule has 3 amide bonds. The van der Waals surface area contributed by atoms with Gasteiger partial charge in [-0.05, 0) is 90.0 Å². The third kappa shape index (κ3) is 6.76. The van der Waals surface area contributed by atoms with E-state index in [1.165, 1.54) is 0 Å². The number of likely N-dealkylation sites (tertiary alicyclic amines) is 1. The van der Waals surface area contributed by atoms with Gasteiger partial charge in [-0.25, -0.2) is 9.59 Å². The molecule has 2 heterocycles. The number of aromatic amines is 1. The minimum absolute atomic E-state index is 0.0351. The molecule has 1 aliphatic heterocycles. The number of fused-ring (bicyclic) bond motifs is 1. The number of nitrogens with zero attached hydrogens (tertiary/aromatic N) is 2. The summed E-state index contributed by atoms with van der Waals surface area (Å²) in [5.74, 6) is 0.219. The first kappa shape index (κ1) is 31.2. The number of rotatable bonds is 7. The van der Waals surface area contributed by atoms with E-state index >= 15 is 0 Å². The van der Waals surface area contributed by atoms with Gasteiger partial charge in [0.2, 0.25) is 5.91 Å². The maximum absolute atomic E-state index is 13.3. The Balaban J connectivity index is 1.23. The summed E-state index contributed by atoms with van der Waals surface area (Å²) in [6.45, 7) is 8.33. The third-order valence-corrected chi connectivity index (χ3v) is 8.61. The molecule has 11 nitrogen and oxygen atoms in total. The minimum atomic E-state index is -0.593. The van der Waals surface area contributed by atoms with Crippen molar-refractivity contribution in [1.29, 1.82) is 0 Å². The van der Waals surface area contributed by atoms with Gasteiger partial charge in [-0.3, -0.25) is 14.2 Å². The molecule has 1 atom stereocenters. The highest BCUT2D eigenvalue weighted by atomic mass is 16.6. The normalized spacial score (nSPS) is 20.4. The third-order valence-electron chi connectivity index (χ3n) is 8.61. The Morgan fingerprint density at radius 1 is 1.05 bits per heavy atom. The fourth-order valence-electron chi connectivity index (χ4n) is 6.35. The summed E-state index contributed by atoms with van der Waals surface area (Å²) in [6, 6.07) is 10.7. The van der Waals surface area contributed by atoms with Crippen LogP contribution in [-0.2, 0) is 9.53 Å². The van der Waals surface area contributed by atoms with Crippen molar-refractivity contribution < 1.29 is 23.9 Å². The van der Waals surface area contributed by atoms with Gasteiger partial charge in [0.05, 0.1) is 29.7 Å². The first-order chi connectivity index (χ1) is 20.9. The number of carbonyl (C=O) groups excluding carboxylic acids is 3. The highest BCUT2D eigenvalue weighted by Crippen LogP contribution is 2.34. The number of methoxy groups -OCH3 is 1. The van der Waals surface area contributed by atoms with Gasteiger partial charge in [0.25, 0.3) is 5.91 Å². The molecule has 0 radical (unpaired) electrons. The largest absolute Gasteiger partial charge is 0.496 e. The number of hydrogen-bond acceptors (Lipinski definition) is 6. The highest BCUT2D eigenvalue weighted by molar-refractivity contribution is 6.05. The van der Waals surface area contributed by atoms with Crippen molar-refractivity contribution in [3.05, 3.63) is 58.0 Å². The number of aryl methyl sites for hydroxylation is 1. The van der Waals surface area contributed by atoms with Crippen LogP contribution in [0, 0.1) is 12.8 Å². The minimum Gasteiger partial charge on any atom is -0.496 e. The molecule has 5 rings (SSSR count). The predicted molar refractivity (Wildman–Crippen MR) is 168 cm³/mol. The number of carbonyl (C=O) groups is 3. The molecule has 1 unspecified atom stereocenters. The molecule has 1 aliphatic carbocycles. The Kier molecular flexibility index (Phi) is 9.03. The number of H-pyrrole nitrogens is 1. The molecule has 2 fully saturated rings. The van der Waals surface area contributed by atoms with Crippen LogP contribution in [0.3, 0.4) is 0 Å². The van der Waals surface area contributed by atoms with Crippen LogP contribution in [0.2, 0.25) is 0 Å². The number of nitrogens with one attached hydrogen (secondary N) is 3. The van der Waals surface area contributed by atoms with E-state index in [9.17, 15) is 19.2 Å². The van der Waals surface area contributed by atoms with E-state index in [1.807, 2.05) is 52.0 Å². The number of para-hydroxylation sites is 1. The maximum Gasteiger partial charge on any atom is 0.410 e.